The lowest BCUT2D eigenvalue weighted by molar-refractivity contribution is -0.126. The molecule has 0 saturated carbocycles. The number of nitrogens with one attached hydrogen (secondary N) is 1. The van der Waals surface area contributed by atoms with Gasteiger partial charge in [-0.25, -0.2) is 10.0 Å². The van der Waals surface area contributed by atoms with Crippen LogP contribution in [-0.4, -0.2) is 54.5 Å². The molecule has 106 valence electrons. The molecule has 2 aliphatic heterocycles. The topological polar surface area (TPSA) is 18.5 Å². The molecule has 0 amide bonds. The van der Waals surface area contributed by atoms with Gasteiger partial charge in [-0.05, 0) is 18.8 Å². The lowest BCUT2D eigenvalue weighted by Gasteiger charge is -2.43. The number of rotatable bonds is 4. The molecule has 2 heterocycles. The standard InChI is InChI=1S/C12H22F3N3/c1-9(2)11-6-10(16-8-12(13,14)15)7-18(11)17-4-3-5-17/h9-11,16H,3-8H2,1-2H3/t10?,11-/m0/s1. The van der Waals surface area contributed by atoms with Crippen LogP contribution in [0.5, 0.6) is 0 Å². The molecule has 2 saturated heterocycles. The highest BCUT2D eigenvalue weighted by atomic mass is 19.4. The summed E-state index contributed by atoms with van der Waals surface area (Å²) in [7, 11) is 0. The molecule has 2 aliphatic rings. The van der Waals surface area contributed by atoms with E-state index in [2.05, 4.69) is 29.2 Å². The van der Waals surface area contributed by atoms with Crippen LogP contribution in [0.25, 0.3) is 0 Å². The van der Waals surface area contributed by atoms with Crippen LogP contribution in [0, 0.1) is 5.92 Å². The Kier molecular flexibility index (Phi) is 4.18. The van der Waals surface area contributed by atoms with Gasteiger partial charge in [0.15, 0.2) is 0 Å². The highest BCUT2D eigenvalue weighted by molar-refractivity contribution is 4.91. The van der Waals surface area contributed by atoms with Gasteiger partial charge in [-0.15, -0.1) is 0 Å². The van der Waals surface area contributed by atoms with Crippen LogP contribution in [0.3, 0.4) is 0 Å². The zero-order valence-corrected chi connectivity index (χ0v) is 11.0. The molecule has 2 atom stereocenters. The van der Waals surface area contributed by atoms with Crippen LogP contribution in [0.4, 0.5) is 13.2 Å². The summed E-state index contributed by atoms with van der Waals surface area (Å²) in [5, 5.41) is 7.20. The van der Waals surface area contributed by atoms with Crippen molar-refractivity contribution in [2.24, 2.45) is 5.92 Å². The second kappa shape index (κ2) is 5.35. The Balaban J connectivity index is 1.88. The van der Waals surface area contributed by atoms with Crippen molar-refractivity contribution in [3.8, 4) is 0 Å². The minimum atomic E-state index is -4.11. The molecule has 0 aromatic heterocycles. The molecular formula is C12H22F3N3. The maximum Gasteiger partial charge on any atom is 0.401 e. The van der Waals surface area contributed by atoms with Crippen LogP contribution >= 0.6 is 0 Å². The highest BCUT2D eigenvalue weighted by Crippen LogP contribution is 2.28. The third-order valence-corrected chi connectivity index (χ3v) is 3.87. The normalized spacial score (nSPS) is 31.0. The van der Waals surface area contributed by atoms with E-state index in [9.17, 15) is 13.2 Å². The van der Waals surface area contributed by atoms with Crippen LogP contribution < -0.4 is 5.32 Å². The number of alkyl halides is 3. The molecule has 2 fully saturated rings. The van der Waals surface area contributed by atoms with Gasteiger partial charge in [-0.3, -0.25) is 0 Å². The Hall–Kier alpha value is -0.330. The first kappa shape index (κ1) is 14.1. The minimum absolute atomic E-state index is 0.0420. The van der Waals surface area contributed by atoms with Crippen molar-refractivity contribution in [3.05, 3.63) is 0 Å². The van der Waals surface area contributed by atoms with E-state index in [0.717, 1.165) is 19.5 Å². The predicted octanol–water partition coefficient (Wildman–Crippen LogP) is 1.86. The number of hydrogen-bond donors (Lipinski definition) is 1. The summed E-state index contributed by atoms with van der Waals surface area (Å²) >= 11 is 0. The second-order valence-corrected chi connectivity index (χ2v) is 5.67. The zero-order chi connectivity index (χ0) is 13.3. The predicted molar refractivity (Wildman–Crippen MR) is 64.0 cm³/mol. The monoisotopic (exact) mass is 265 g/mol. The van der Waals surface area contributed by atoms with Crippen molar-refractivity contribution >= 4 is 0 Å². The van der Waals surface area contributed by atoms with Gasteiger partial charge in [-0.2, -0.15) is 13.2 Å². The Labute approximate surface area is 106 Å². The Morgan fingerprint density at radius 3 is 2.39 bits per heavy atom. The molecule has 3 nitrogen and oxygen atoms in total. The summed E-state index contributed by atoms with van der Waals surface area (Å²) in [4.78, 5) is 0. The summed E-state index contributed by atoms with van der Waals surface area (Å²) in [6.45, 7) is 6.22. The third kappa shape index (κ3) is 3.36. The average molecular weight is 265 g/mol. The quantitative estimate of drug-likeness (QED) is 0.837. The maximum absolute atomic E-state index is 12.2. The summed E-state index contributed by atoms with van der Waals surface area (Å²) in [6, 6.07) is 0.329. The molecule has 18 heavy (non-hydrogen) atoms. The molecule has 0 aromatic rings. The van der Waals surface area contributed by atoms with Crippen LogP contribution in [0.2, 0.25) is 0 Å². The number of hydrazine groups is 1. The molecule has 0 spiro atoms. The number of hydrogen-bond acceptors (Lipinski definition) is 3. The summed E-state index contributed by atoms with van der Waals surface area (Å²) in [5.41, 5.74) is 0. The molecule has 1 N–H and O–H groups in total. The van der Waals surface area contributed by atoms with E-state index in [-0.39, 0.29) is 6.04 Å². The van der Waals surface area contributed by atoms with Gasteiger partial charge in [0.1, 0.15) is 0 Å². The fraction of sp³-hybridized carbons (Fsp3) is 1.00. The van der Waals surface area contributed by atoms with Gasteiger partial charge in [0.25, 0.3) is 0 Å². The van der Waals surface area contributed by atoms with Crippen molar-refractivity contribution in [2.45, 2.75) is 44.9 Å². The van der Waals surface area contributed by atoms with E-state index in [4.69, 9.17) is 0 Å². The lowest BCUT2D eigenvalue weighted by Crippen LogP contribution is -2.54. The average Bonchev–Trinajstić information content (AvgIpc) is 2.55. The molecule has 2 rings (SSSR count). The fourth-order valence-corrected chi connectivity index (χ4v) is 2.75. The Morgan fingerprint density at radius 2 is 1.94 bits per heavy atom. The summed E-state index contributed by atoms with van der Waals surface area (Å²) in [6.07, 6.45) is -2.11. The number of halogens is 3. The smallest absolute Gasteiger partial charge is 0.304 e. The van der Waals surface area contributed by atoms with E-state index in [1.165, 1.54) is 6.42 Å². The van der Waals surface area contributed by atoms with Crippen molar-refractivity contribution in [1.29, 1.82) is 0 Å². The molecule has 0 bridgehead atoms. The van der Waals surface area contributed by atoms with Gasteiger partial charge in [0, 0.05) is 31.7 Å². The Bertz CT molecular complexity index is 276. The first-order valence-corrected chi connectivity index (χ1v) is 6.68. The van der Waals surface area contributed by atoms with Gasteiger partial charge in [0.2, 0.25) is 0 Å². The second-order valence-electron chi connectivity index (χ2n) is 5.67. The van der Waals surface area contributed by atoms with Gasteiger partial charge in [-0.1, -0.05) is 13.8 Å². The van der Waals surface area contributed by atoms with E-state index in [1.54, 1.807) is 0 Å². The number of nitrogens with zero attached hydrogens (tertiary/aromatic N) is 2. The fourth-order valence-electron chi connectivity index (χ4n) is 2.75. The summed E-state index contributed by atoms with van der Waals surface area (Å²) in [5.74, 6) is 0.475. The lowest BCUT2D eigenvalue weighted by atomic mass is 10.0. The van der Waals surface area contributed by atoms with Crippen molar-refractivity contribution in [2.75, 3.05) is 26.2 Å². The van der Waals surface area contributed by atoms with Crippen LogP contribution in [0.15, 0.2) is 0 Å². The highest BCUT2D eigenvalue weighted by Gasteiger charge is 2.39. The van der Waals surface area contributed by atoms with Crippen LogP contribution in [-0.2, 0) is 0 Å². The SMILES string of the molecule is CC(C)[C@@H]1CC(NCC(F)(F)F)CN1N1CCC1. The van der Waals surface area contributed by atoms with Crippen molar-refractivity contribution in [3.63, 3.8) is 0 Å². The van der Waals surface area contributed by atoms with E-state index in [0.29, 0.717) is 18.5 Å². The summed E-state index contributed by atoms with van der Waals surface area (Å²) < 4.78 is 36.6. The van der Waals surface area contributed by atoms with Gasteiger partial charge >= 0.3 is 6.18 Å². The first-order valence-electron chi connectivity index (χ1n) is 6.68. The third-order valence-electron chi connectivity index (χ3n) is 3.87. The van der Waals surface area contributed by atoms with Crippen molar-refractivity contribution < 1.29 is 13.2 Å². The molecule has 0 radical (unpaired) electrons. The molecule has 6 heteroatoms. The van der Waals surface area contributed by atoms with Gasteiger partial charge in [0.05, 0.1) is 6.54 Å². The largest absolute Gasteiger partial charge is 0.401 e. The van der Waals surface area contributed by atoms with E-state index >= 15 is 0 Å². The zero-order valence-electron chi connectivity index (χ0n) is 11.0. The molecule has 0 aromatic carbocycles. The first-order chi connectivity index (χ1) is 8.37. The molecular weight excluding hydrogens is 243 g/mol. The van der Waals surface area contributed by atoms with Crippen LogP contribution in [0.1, 0.15) is 26.7 Å². The molecule has 1 unspecified atom stereocenters. The van der Waals surface area contributed by atoms with E-state index < -0.39 is 12.7 Å². The maximum atomic E-state index is 12.2. The van der Waals surface area contributed by atoms with E-state index in [1.807, 2.05) is 0 Å². The molecule has 0 aliphatic carbocycles. The van der Waals surface area contributed by atoms with Crippen molar-refractivity contribution in [1.82, 2.24) is 15.3 Å². The Morgan fingerprint density at radius 1 is 1.28 bits per heavy atom. The van der Waals surface area contributed by atoms with Gasteiger partial charge < -0.3 is 5.32 Å². The minimum Gasteiger partial charge on any atom is -0.304 e.